The van der Waals surface area contributed by atoms with Crippen molar-refractivity contribution in [2.24, 2.45) is 11.8 Å². The molecule has 0 spiro atoms. The molecule has 4 N–H and O–H groups in total. The Labute approximate surface area is 221 Å². The highest BCUT2D eigenvalue weighted by molar-refractivity contribution is 5.86. The van der Waals surface area contributed by atoms with Crippen LogP contribution in [0.2, 0.25) is 0 Å². The molecular weight excluding hydrogens is 480 g/mol. The van der Waals surface area contributed by atoms with Gasteiger partial charge in [0, 0.05) is 6.04 Å². The molecule has 1 fully saturated rings. The number of aliphatic hydroxyl groups is 1. The van der Waals surface area contributed by atoms with E-state index < -0.39 is 53.8 Å². The minimum atomic E-state index is -1.04. The van der Waals surface area contributed by atoms with Gasteiger partial charge in [0.05, 0.1) is 25.8 Å². The number of nitrogens with one attached hydrogen (secondary N) is 3. The number of alkyl carbamates (subject to hydrolysis) is 1. The van der Waals surface area contributed by atoms with Gasteiger partial charge in [-0.05, 0) is 65.2 Å². The van der Waals surface area contributed by atoms with Crippen LogP contribution in [0.25, 0.3) is 0 Å². The lowest BCUT2D eigenvalue weighted by Gasteiger charge is -2.31. The molecule has 0 aromatic rings. The Morgan fingerprint density at radius 1 is 0.973 bits per heavy atom. The van der Waals surface area contributed by atoms with Crippen LogP contribution in [-0.2, 0) is 19.1 Å². The Morgan fingerprint density at radius 3 is 2.05 bits per heavy atom. The van der Waals surface area contributed by atoms with Gasteiger partial charge in [-0.3, -0.25) is 4.79 Å². The number of hydrogen-bond donors (Lipinski definition) is 4. The molecule has 1 saturated heterocycles. The normalized spacial score (nSPS) is 22.1. The van der Waals surface area contributed by atoms with Gasteiger partial charge in [0.1, 0.15) is 17.7 Å². The summed E-state index contributed by atoms with van der Waals surface area (Å²) in [5.41, 5.74) is -0.706. The van der Waals surface area contributed by atoms with E-state index in [0.29, 0.717) is 25.7 Å². The number of urea groups is 1. The summed E-state index contributed by atoms with van der Waals surface area (Å²) < 4.78 is 10.1. The van der Waals surface area contributed by atoms with Gasteiger partial charge in [0.2, 0.25) is 5.91 Å². The van der Waals surface area contributed by atoms with Crippen molar-refractivity contribution < 1.29 is 33.8 Å². The van der Waals surface area contributed by atoms with Gasteiger partial charge in [0.15, 0.2) is 0 Å². The second kappa shape index (κ2) is 14.4. The number of likely N-dealkylation sites (tertiary alicyclic amines) is 1. The van der Waals surface area contributed by atoms with Gasteiger partial charge < -0.3 is 35.4 Å². The molecule has 0 aromatic carbocycles. The zero-order valence-electron chi connectivity index (χ0n) is 23.9. The van der Waals surface area contributed by atoms with Crippen LogP contribution in [0.1, 0.15) is 81.1 Å². The van der Waals surface area contributed by atoms with Crippen molar-refractivity contribution in [2.45, 2.75) is 117 Å². The van der Waals surface area contributed by atoms with Gasteiger partial charge >= 0.3 is 18.1 Å². The van der Waals surface area contributed by atoms with E-state index in [1.54, 1.807) is 20.8 Å². The number of methoxy groups -OCH3 is 1. The molecule has 0 bridgehead atoms. The Kier molecular flexibility index (Phi) is 12.6. The molecule has 1 aliphatic rings. The molecule has 1 rings (SSSR count). The van der Waals surface area contributed by atoms with E-state index in [1.807, 2.05) is 34.6 Å². The van der Waals surface area contributed by atoms with E-state index >= 15 is 0 Å². The molecule has 0 aromatic heterocycles. The molecule has 0 saturated carbocycles. The SMILES string of the molecule is COC(=O)[C@H](CC(C)C)NC(=O)N1CC(O)[C@@H](NC(=O)[C@H](CC(C)C)NC(=O)OC(C)(C)C)CC[C@H]1C. The molecule has 5 atom stereocenters. The monoisotopic (exact) mass is 528 g/mol. The second-order valence-electron chi connectivity index (χ2n) is 11.7. The van der Waals surface area contributed by atoms with Crippen LogP contribution in [0.15, 0.2) is 0 Å². The summed E-state index contributed by atoms with van der Waals surface area (Å²) in [7, 11) is 1.28. The summed E-state index contributed by atoms with van der Waals surface area (Å²) >= 11 is 0. The highest BCUT2D eigenvalue weighted by atomic mass is 16.6. The van der Waals surface area contributed by atoms with Crippen molar-refractivity contribution in [3.8, 4) is 0 Å². The van der Waals surface area contributed by atoms with Crippen LogP contribution >= 0.6 is 0 Å². The first-order valence-corrected chi connectivity index (χ1v) is 13.2. The number of nitrogens with zero attached hydrogens (tertiary/aromatic N) is 1. The van der Waals surface area contributed by atoms with E-state index in [1.165, 1.54) is 12.0 Å². The summed E-state index contributed by atoms with van der Waals surface area (Å²) in [6, 6.07) is -2.95. The summed E-state index contributed by atoms with van der Waals surface area (Å²) in [5.74, 6) is -0.664. The number of carbonyl (C=O) groups is 4. The van der Waals surface area contributed by atoms with Gasteiger partial charge in [-0.25, -0.2) is 14.4 Å². The number of aliphatic hydroxyl groups excluding tert-OH is 1. The van der Waals surface area contributed by atoms with Crippen LogP contribution in [0.3, 0.4) is 0 Å². The van der Waals surface area contributed by atoms with E-state index in [-0.39, 0.29) is 24.4 Å². The van der Waals surface area contributed by atoms with Crippen LogP contribution < -0.4 is 16.0 Å². The standard InChI is InChI=1S/C26H48N4O7/c1-15(2)12-19(29-25(35)37-26(6,7)8)22(32)27-18-11-10-17(5)30(14-21(18)31)24(34)28-20(13-16(3)4)23(33)36-9/h15-21,31H,10-14H2,1-9H3,(H,27,32)(H,28,34)(H,29,35)/t17-,18+,19+,20+,21?/m1/s1. The lowest BCUT2D eigenvalue weighted by Crippen LogP contribution is -2.56. The predicted octanol–water partition coefficient (Wildman–Crippen LogP) is 2.55. The first-order valence-electron chi connectivity index (χ1n) is 13.2. The molecule has 1 unspecified atom stereocenters. The number of hydrogen-bond acceptors (Lipinski definition) is 7. The maximum absolute atomic E-state index is 13.1. The average molecular weight is 529 g/mol. The largest absolute Gasteiger partial charge is 0.467 e. The molecule has 0 aliphatic carbocycles. The van der Waals surface area contributed by atoms with E-state index in [2.05, 4.69) is 16.0 Å². The number of carbonyl (C=O) groups excluding carboxylic acids is 4. The van der Waals surface area contributed by atoms with Crippen LogP contribution in [0.4, 0.5) is 9.59 Å². The summed E-state index contributed by atoms with van der Waals surface area (Å²) in [6.07, 6.45) is 0.0465. The fourth-order valence-electron chi connectivity index (χ4n) is 4.22. The van der Waals surface area contributed by atoms with Crippen molar-refractivity contribution in [1.29, 1.82) is 0 Å². The Morgan fingerprint density at radius 2 is 1.54 bits per heavy atom. The van der Waals surface area contributed by atoms with Crippen molar-refractivity contribution in [1.82, 2.24) is 20.9 Å². The lowest BCUT2D eigenvalue weighted by atomic mass is 10.0. The molecular formula is C26H48N4O7. The average Bonchev–Trinajstić information content (AvgIpc) is 2.89. The number of esters is 1. The minimum Gasteiger partial charge on any atom is -0.467 e. The molecule has 11 nitrogen and oxygen atoms in total. The molecule has 4 amide bonds. The van der Waals surface area contributed by atoms with Crippen LogP contribution in [0, 0.1) is 11.8 Å². The van der Waals surface area contributed by atoms with Crippen molar-refractivity contribution in [3.05, 3.63) is 0 Å². The summed E-state index contributed by atoms with van der Waals surface area (Å²) in [4.78, 5) is 52.1. The Balaban J connectivity index is 2.91. The molecule has 214 valence electrons. The summed E-state index contributed by atoms with van der Waals surface area (Å²) in [5, 5.41) is 19.2. The minimum absolute atomic E-state index is 0.0259. The van der Waals surface area contributed by atoms with Gasteiger partial charge in [-0.2, -0.15) is 0 Å². The fourth-order valence-corrected chi connectivity index (χ4v) is 4.22. The second-order valence-corrected chi connectivity index (χ2v) is 11.7. The third kappa shape index (κ3) is 11.6. The van der Waals surface area contributed by atoms with E-state index in [9.17, 15) is 24.3 Å². The summed E-state index contributed by atoms with van der Waals surface area (Å²) in [6.45, 7) is 14.8. The number of rotatable bonds is 9. The molecule has 37 heavy (non-hydrogen) atoms. The van der Waals surface area contributed by atoms with E-state index in [0.717, 1.165) is 0 Å². The highest BCUT2D eigenvalue weighted by Gasteiger charge is 2.36. The first-order chi connectivity index (χ1) is 17.0. The highest BCUT2D eigenvalue weighted by Crippen LogP contribution is 2.19. The third-order valence-electron chi connectivity index (χ3n) is 6.07. The van der Waals surface area contributed by atoms with Crippen molar-refractivity contribution in [3.63, 3.8) is 0 Å². The van der Waals surface area contributed by atoms with Gasteiger partial charge in [0.25, 0.3) is 0 Å². The van der Waals surface area contributed by atoms with Crippen molar-refractivity contribution >= 4 is 24.0 Å². The van der Waals surface area contributed by atoms with Crippen LogP contribution in [-0.4, -0.2) is 83.5 Å². The Hall–Kier alpha value is -2.56. The molecule has 0 radical (unpaired) electrons. The van der Waals surface area contributed by atoms with Gasteiger partial charge in [-0.1, -0.05) is 27.7 Å². The first kappa shape index (κ1) is 32.5. The molecule has 11 heteroatoms. The number of ether oxygens (including phenoxy) is 2. The maximum atomic E-state index is 13.1. The zero-order valence-corrected chi connectivity index (χ0v) is 23.9. The molecule has 1 aliphatic heterocycles. The molecule has 1 heterocycles. The maximum Gasteiger partial charge on any atom is 0.408 e. The van der Waals surface area contributed by atoms with Crippen molar-refractivity contribution in [2.75, 3.05) is 13.7 Å². The van der Waals surface area contributed by atoms with Gasteiger partial charge in [-0.15, -0.1) is 0 Å². The smallest absolute Gasteiger partial charge is 0.408 e. The number of amides is 4. The topological polar surface area (TPSA) is 146 Å². The van der Waals surface area contributed by atoms with E-state index in [4.69, 9.17) is 9.47 Å². The lowest BCUT2D eigenvalue weighted by molar-refractivity contribution is -0.143. The fraction of sp³-hybridized carbons (Fsp3) is 0.846. The number of β-amino-alcohol motifs (C(OH)–C–C–N with tert-alkyl or cyclic N) is 1. The predicted molar refractivity (Wildman–Crippen MR) is 140 cm³/mol. The quantitative estimate of drug-likeness (QED) is 0.336. The van der Waals surface area contributed by atoms with Crippen LogP contribution in [0.5, 0.6) is 0 Å². The third-order valence-corrected chi connectivity index (χ3v) is 6.07. The Bertz CT molecular complexity index is 781. The zero-order chi connectivity index (χ0) is 28.5.